The van der Waals surface area contributed by atoms with Crippen molar-refractivity contribution >= 4 is 22.8 Å². The van der Waals surface area contributed by atoms with Crippen LogP contribution in [0.15, 0.2) is 71.9 Å². The van der Waals surface area contributed by atoms with Gasteiger partial charge in [-0.2, -0.15) is 5.10 Å². The third kappa shape index (κ3) is 5.74. The lowest BCUT2D eigenvalue weighted by molar-refractivity contribution is -0.393. The molecule has 0 aromatic heterocycles. The summed E-state index contributed by atoms with van der Waals surface area (Å²) in [4.78, 5) is 20.5. The van der Waals surface area contributed by atoms with Crippen LogP contribution >= 0.6 is 0 Å². The van der Waals surface area contributed by atoms with Crippen molar-refractivity contribution in [1.29, 1.82) is 0 Å². The molecule has 1 aliphatic carbocycles. The largest absolute Gasteiger partial charge is 0.301 e. The van der Waals surface area contributed by atoms with E-state index in [2.05, 4.69) is 29.6 Å². The fourth-order valence-electron chi connectivity index (χ4n) is 2.41. The first-order valence-electron chi connectivity index (χ1n) is 8.31. The second-order valence-corrected chi connectivity index (χ2v) is 6.03. The fraction of sp³-hybridized carbons (Fsp3) is 0.211. The van der Waals surface area contributed by atoms with Gasteiger partial charge in [0.1, 0.15) is 5.69 Å². The number of nitrogens with one attached hydrogen (secondary N) is 1. The first kappa shape index (κ1) is 19.8. The van der Waals surface area contributed by atoms with Crippen molar-refractivity contribution in [1.82, 2.24) is 0 Å². The Bertz CT molecular complexity index is 852. The second-order valence-electron chi connectivity index (χ2n) is 6.03. The molecule has 0 fully saturated rings. The SMILES string of the molecule is CC(/C=C/C(C)C1C=CC=CC=C1)=N\Nc1ccc([N+](=O)[O-])cc1[N+](=O)[O-]. The summed E-state index contributed by atoms with van der Waals surface area (Å²) in [5.41, 5.74) is 2.57. The highest BCUT2D eigenvalue weighted by Gasteiger charge is 2.19. The minimum atomic E-state index is -0.684. The molecule has 1 N–H and O–H groups in total. The summed E-state index contributed by atoms with van der Waals surface area (Å²) in [6, 6.07) is 3.37. The Kier molecular flexibility index (Phi) is 6.76. The lowest BCUT2D eigenvalue weighted by Crippen LogP contribution is -2.04. The summed E-state index contributed by atoms with van der Waals surface area (Å²) in [5, 5.41) is 26.0. The Morgan fingerprint density at radius 2 is 1.81 bits per heavy atom. The molecule has 0 spiro atoms. The molecule has 0 amide bonds. The average Bonchev–Trinajstić information content (AvgIpc) is 2.93. The highest BCUT2D eigenvalue weighted by Crippen LogP contribution is 2.29. The maximum Gasteiger partial charge on any atom is 0.301 e. The number of nitro groups is 2. The zero-order valence-corrected chi connectivity index (χ0v) is 15.0. The zero-order valence-electron chi connectivity index (χ0n) is 15.0. The van der Waals surface area contributed by atoms with Crippen molar-refractivity contribution in [2.75, 3.05) is 5.43 Å². The number of anilines is 1. The van der Waals surface area contributed by atoms with Crippen molar-refractivity contribution in [3.8, 4) is 0 Å². The average molecular weight is 368 g/mol. The van der Waals surface area contributed by atoms with Crippen LogP contribution in [-0.2, 0) is 0 Å². The molecule has 0 radical (unpaired) electrons. The molecule has 0 aliphatic heterocycles. The van der Waals surface area contributed by atoms with Crippen LogP contribution in [0.3, 0.4) is 0 Å². The summed E-state index contributed by atoms with van der Waals surface area (Å²) in [5.74, 6) is 0.518. The molecule has 0 bridgehead atoms. The number of nitrogens with zero attached hydrogens (tertiary/aromatic N) is 3. The Morgan fingerprint density at radius 3 is 2.41 bits per heavy atom. The third-order valence-corrected chi connectivity index (χ3v) is 3.99. The third-order valence-electron chi connectivity index (χ3n) is 3.99. The van der Waals surface area contributed by atoms with Crippen molar-refractivity contribution in [2.45, 2.75) is 13.8 Å². The van der Waals surface area contributed by atoms with Crippen LogP contribution in [0, 0.1) is 32.1 Å². The van der Waals surface area contributed by atoms with E-state index < -0.39 is 15.5 Å². The second kappa shape index (κ2) is 9.23. The summed E-state index contributed by atoms with van der Waals surface area (Å²) in [6.45, 7) is 3.84. The molecule has 140 valence electrons. The molecule has 0 saturated heterocycles. The molecule has 27 heavy (non-hydrogen) atoms. The van der Waals surface area contributed by atoms with Crippen LogP contribution in [0.25, 0.3) is 0 Å². The molecule has 1 aromatic rings. The van der Waals surface area contributed by atoms with Crippen LogP contribution < -0.4 is 5.43 Å². The normalized spacial score (nSPS) is 15.7. The smallest absolute Gasteiger partial charge is 0.271 e. The van der Waals surface area contributed by atoms with Gasteiger partial charge in [0.15, 0.2) is 0 Å². The Hall–Kier alpha value is -3.55. The maximum atomic E-state index is 11.1. The number of hydrazone groups is 1. The summed E-state index contributed by atoms with van der Waals surface area (Å²) in [6.07, 6.45) is 16.0. The van der Waals surface area contributed by atoms with E-state index in [1.165, 1.54) is 12.1 Å². The number of non-ortho nitro benzene ring substituents is 1. The van der Waals surface area contributed by atoms with Crippen molar-refractivity contribution in [3.05, 3.63) is 87.0 Å². The lowest BCUT2D eigenvalue weighted by atomic mass is 9.93. The van der Waals surface area contributed by atoms with Gasteiger partial charge in [-0.15, -0.1) is 0 Å². The number of rotatable bonds is 7. The van der Waals surface area contributed by atoms with Gasteiger partial charge in [0.05, 0.1) is 21.6 Å². The van der Waals surface area contributed by atoms with E-state index in [9.17, 15) is 20.2 Å². The Balaban J connectivity index is 2.08. The highest BCUT2D eigenvalue weighted by atomic mass is 16.6. The van der Waals surface area contributed by atoms with E-state index in [-0.39, 0.29) is 23.2 Å². The molecular formula is C19H20N4O4. The summed E-state index contributed by atoms with van der Waals surface area (Å²) >= 11 is 0. The van der Waals surface area contributed by atoms with Crippen molar-refractivity contribution < 1.29 is 9.85 Å². The topological polar surface area (TPSA) is 111 Å². The molecular weight excluding hydrogens is 348 g/mol. The van der Waals surface area contributed by atoms with E-state index in [1.54, 1.807) is 6.92 Å². The summed E-state index contributed by atoms with van der Waals surface area (Å²) < 4.78 is 0. The predicted octanol–water partition coefficient (Wildman–Crippen LogP) is 4.78. The maximum absolute atomic E-state index is 11.1. The van der Waals surface area contributed by atoms with Gasteiger partial charge in [-0.25, -0.2) is 0 Å². The van der Waals surface area contributed by atoms with Gasteiger partial charge in [-0.05, 0) is 25.0 Å². The number of nitro benzene ring substituents is 2. The van der Waals surface area contributed by atoms with E-state index >= 15 is 0 Å². The highest BCUT2D eigenvalue weighted by molar-refractivity contribution is 5.93. The van der Waals surface area contributed by atoms with Crippen LogP contribution in [0.2, 0.25) is 0 Å². The first-order chi connectivity index (χ1) is 12.9. The van der Waals surface area contributed by atoms with E-state index in [0.29, 0.717) is 5.71 Å². The number of hydrogen-bond donors (Lipinski definition) is 1. The molecule has 8 nitrogen and oxygen atoms in total. The molecule has 0 saturated carbocycles. The van der Waals surface area contributed by atoms with Gasteiger partial charge in [0.25, 0.3) is 5.69 Å². The molecule has 0 heterocycles. The monoisotopic (exact) mass is 368 g/mol. The number of benzene rings is 1. The predicted molar refractivity (Wildman–Crippen MR) is 106 cm³/mol. The van der Waals surface area contributed by atoms with Gasteiger partial charge >= 0.3 is 5.69 Å². The van der Waals surface area contributed by atoms with Gasteiger partial charge in [0, 0.05) is 12.0 Å². The van der Waals surface area contributed by atoms with Crippen molar-refractivity contribution in [2.24, 2.45) is 16.9 Å². The minimum absolute atomic E-state index is 0.0899. The van der Waals surface area contributed by atoms with E-state index in [4.69, 9.17) is 0 Å². The molecule has 1 atom stereocenters. The van der Waals surface area contributed by atoms with Crippen molar-refractivity contribution in [3.63, 3.8) is 0 Å². The first-order valence-corrected chi connectivity index (χ1v) is 8.31. The standard InChI is InChI=1S/C19H20N4O4/c1-14(16-7-5-3-4-6-8-16)9-10-15(2)20-21-18-12-11-17(22(24)25)13-19(18)23(26)27/h3-14,16,21H,1-2H3/b10-9+,20-15+. The van der Waals surface area contributed by atoms with Crippen LogP contribution in [0.1, 0.15) is 13.8 Å². The molecule has 1 unspecified atom stereocenters. The van der Waals surface area contributed by atoms with E-state index in [1.807, 2.05) is 36.5 Å². The Labute approximate surface area is 156 Å². The zero-order chi connectivity index (χ0) is 19.8. The minimum Gasteiger partial charge on any atom is -0.271 e. The van der Waals surface area contributed by atoms with Gasteiger partial charge in [0.2, 0.25) is 0 Å². The summed E-state index contributed by atoms with van der Waals surface area (Å²) in [7, 11) is 0. The number of allylic oxidation sites excluding steroid dienone is 8. The fourth-order valence-corrected chi connectivity index (χ4v) is 2.41. The van der Waals surface area contributed by atoms with Crippen LogP contribution in [-0.4, -0.2) is 15.6 Å². The quantitative estimate of drug-likeness (QED) is 0.423. The lowest BCUT2D eigenvalue weighted by Gasteiger charge is -2.12. The van der Waals surface area contributed by atoms with Crippen LogP contribution in [0.5, 0.6) is 0 Å². The van der Waals surface area contributed by atoms with E-state index in [0.717, 1.165) is 6.07 Å². The molecule has 2 rings (SSSR count). The molecule has 1 aliphatic rings. The van der Waals surface area contributed by atoms with Gasteiger partial charge in [-0.1, -0.05) is 49.5 Å². The molecule has 1 aromatic carbocycles. The van der Waals surface area contributed by atoms with Gasteiger partial charge in [-0.3, -0.25) is 25.7 Å². The molecule has 8 heteroatoms. The Morgan fingerprint density at radius 1 is 1.15 bits per heavy atom. The van der Waals surface area contributed by atoms with Gasteiger partial charge < -0.3 is 0 Å². The number of hydrogen-bond acceptors (Lipinski definition) is 6. The van der Waals surface area contributed by atoms with Crippen LogP contribution in [0.4, 0.5) is 17.1 Å².